The molecule has 3 rings (SSSR count). The summed E-state index contributed by atoms with van der Waals surface area (Å²) in [5, 5.41) is 12.4. The van der Waals surface area contributed by atoms with Gasteiger partial charge in [-0.3, -0.25) is 0 Å². The number of thiazole rings is 1. The Balaban J connectivity index is 1.67. The average Bonchev–Trinajstić information content (AvgIpc) is 3.14. The minimum absolute atomic E-state index is 0.845. The van der Waals surface area contributed by atoms with Gasteiger partial charge in [-0.15, -0.1) is 21.5 Å². The van der Waals surface area contributed by atoms with Crippen LogP contribution in [0.3, 0.4) is 0 Å². The summed E-state index contributed by atoms with van der Waals surface area (Å²) in [6.07, 6.45) is 1.07. The van der Waals surface area contributed by atoms with Gasteiger partial charge in [-0.25, -0.2) is 4.98 Å². The van der Waals surface area contributed by atoms with Crippen LogP contribution in [0.4, 0.5) is 0 Å². The van der Waals surface area contributed by atoms with E-state index in [1.807, 2.05) is 6.92 Å². The topological polar surface area (TPSA) is 38.7 Å². The van der Waals surface area contributed by atoms with Crippen LogP contribution in [0.5, 0.6) is 0 Å². The van der Waals surface area contributed by atoms with Gasteiger partial charge < -0.3 is 0 Å². The highest BCUT2D eigenvalue weighted by atomic mass is 32.2. The first-order chi connectivity index (χ1) is 10.2. The van der Waals surface area contributed by atoms with Crippen molar-refractivity contribution in [3.8, 4) is 10.6 Å². The molecule has 0 amide bonds. The lowest BCUT2D eigenvalue weighted by molar-refractivity contribution is 0.983. The Labute approximate surface area is 136 Å². The normalized spacial score (nSPS) is 11.0. The number of hydrogen-bond donors (Lipinski definition) is 0. The van der Waals surface area contributed by atoms with Crippen LogP contribution in [-0.2, 0) is 12.2 Å². The molecule has 2 aromatic heterocycles. The Hall–Kier alpha value is -1.24. The summed E-state index contributed by atoms with van der Waals surface area (Å²) < 4.78 is 1.01. The smallest absolute Gasteiger partial charge is 0.174 e. The SMILES string of the molecule is CCc1ccc(-c2nc(CSc3nnc(C)s3)cs2)cc1. The van der Waals surface area contributed by atoms with Crippen LogP contribution in [0, 0.1) is 6.92 Å². The van der Waals surface area contributed by atoms with E-state index < -0.39 is 0 Å². The summed E-state index contributed by atoms with van der Waals surface area (Å²) >= 11 is 5.03. The number of nitrogens with zero attached hydrogens (tertiary/aromatic N) is 3. The van der Waals surface area contributed by atoms with Gasteiger partial charge in [0.05, 0.1) is 5.69 Å². The molecule has 0 unspecified atom stereocenters. The molecular weight excluding hydrogens is 318 g/mol. The summed E-state index contributed by atoms with van der Waals surface area (Å²) in [5.74, 6) is 0.845. The number of hydrogen-bond acceptors (Lipinski definition) is 6. The first-order valence-corrected chi connectivity index (χ1v) is 9.39. The van der Waals surface area contributed by atoms with E-state index in [-0.39, 0.29) is 0 Å². The van der Waals surface area contributed by atoms with Crippen molar-refractivity contribution in [2.24, 2.45) is 0 Å². The molecule has 0 aliphatic carbocycles. The van der Waals surface area contributed by atoms with Crippen LogP contribution in [0.1, 0.15) is 23.2 Å². The third kappa shape index (κ3) is 3.70. The van der Waals surface area contributed by atoms with Gasteiger partial charge in [0, 0.05) is 16.7 Å². The highest BCUT2D eigenvalue weighted by Gasteiger charge is 2.07. The van der Waals surface area contributed by atoms with Crippen LogP contribution in [0.15, 0.2) is 34.0 Å². The lowest BCUT2D eigenvalue weighted by Crippen LogP contribution is -1.83. The van der Waals surface area contributed by atoms with E-state index in [1.165, 1.54) is 11.1 Å². The van der Waals surface area contributed by atoms with Gasteiger partial charge in [-0.2, -0.15) is 0 Å². The first kappa shape index (κ1) is 14.7. The maximum Gasteiger partial charge on any atom is 0.174 e. The summed E-state index contributed by atoms with van der Waals surface area (Å²) in [4.78, 5) is 4.71. The van der Waals surface area contributed by atoms with Gasteiger partial charge >= 0.3 is 0 Å². The number of aromatic nitrogens is 3. The molecule has 0 N–H and O–H groups in total. The fraction of sp³-hybridized carbons (Fsp3) is 0.267. The highest BCUT2D eigenvalue weighted by Crippen LogP contribution is 2.29. The lowest BCUT2D eigenvalue weighted by Gasteiger charge is -1.99. The Kier molecular flexibility index (Phi) is 4.67. The molecule has 6 heteroatoms. The second kappa shape index (κ2) is 6.68. The summed E-state index contributed by atoms with van der Waals surface area (Å²) in [7, 11) is 0. The van der Waals surface area contributed by atoms with Crippen LogP contribution in [0.25, 0.3) is 10.6 Å². The third-order valence-corrected chi connectivity index (χ3v) is 5.96. The quantitative estimate of drug-likeness (QED) is 0.627. The zero-order valence-electron chi connectivity index (χ0n) is 11.9. The van der Waals surface area contributed by atoms with Gasteiger partial charge in [-0.05, 0) is 18.9 Å². The van der Waals surface area contributed by atoms with Crippen molar-refractivity contribution in [1.29, 1.82) is 0 Å². The maximum absolute atomic E-state index is 4.71. The second-order valence-corrected chi connectivity index (χ2v) is 7.83. The fourth-order valence-electron chi connectivity index (χ4n) is 1.86. The largest absolute Gasteiger partial charge is 0.240 e. The summed E-state index contributed by atoms with van der Waals surface area (Å²) in [6, 6.07) is 8.66. The standard InChI is InChI=1S/C15H15N3S3/c1-3-11-4-6-12(7-5-11)14-16-13(8-19-14)9-20-15-18-17-10(2)21-15/h4-8H,3,9H2,1-2H3. The van der Waals surface area contributed by atoms with Gasteiger partial charge in [0.15, 0.2) is 4.34 Å². The predicted molar refractivity (Wildman–Crippen MR) is 91.1 cm³/mol. The molecule has 0 bridgehead atoms. The Bertz CT molecular complexity index is 716. The molecule has 21 heavy (non-hydrogen) atoms. The van der Waals surface area contributed by atoms with Crippen molar-refractivity contribution in [2.45, 2.75) is 30.4 Å². The van der Waals surface area contributed by atoms with Crippen molar-refractivity contribution in [2.75, 3.05) is 0 Å². The Morgan fingerprint density at radius 2 is 1.95 bits per heavy atom. The summed E-state index contributed by atoms with van der Waals surface area (Å²) in [6.45, 7) is 4.14. The molecule has 0 aliphatic heterocycles. The zero-order valence-corrected chi connectivity index (χ0v) is 14.3. The van der Waals surface area contributed by atoms with Crippen molar-refractivity contribution in [1.82, 2.24) is 15.2 Å². The molecule has 0 aliphatic rings. The second-order valence-electron chi connectivity index (χ2n) is 4.57. The highest BCUT2D eigenvalue weighted by molar-refractivity contribution is 8.00. The molecule has 3 nitrogen and oxygen atoms in total. The monoisotopic (exact) mass is 333 g/mol. The Morgan fingerprint density at radius 3 is 2.62 bits per heavy atom. The third-order valence-electron chi connectivity index (χ3n) is 3.01. The van der Waals surface area contributed by atoms with Crippen molar-refractivity contribution in [3.63, 3.8) is 0 Å². The molecule has 0 atom stereocenters. The first-order valence-electron chi connectivity index (χ1n) is 6.71. The number of thioether (sulfide) groups is 1. The molecule has 0 saturated heterocycles. The van der Waals surface area contributed by atoms with E-state index in [0.717, 1.165) is 32.2 Å². The lowest BCUT2D eigenvalue weighted by atomic mass is 10.1. The van der Waals surface area contributed by atoms with Crippen LogP contribution >= 0.6 is 34.4 Å². The molecule has 108 valence electrons. The predicted octanol–water partition coefficient (Wildman–Crippen LogP) is 4.82. The zero-order chi connectivity index (χ0) is 14.7. The van der Waals surface area contributed by atoms with Crippen molar-refractivity contribution < 1.29 is 0 Å². The fourth-order valence-corrected chi connectivity index (χ4v) is 4.50. The average molecular weight is 334 g/mol. The van der Waals surface area contributed by atoms with Crippen LogP contribution in [0.2, 0.25) is 0 Å². The molecule has 2 heterocycles. The number of aryl methyl sites for hydroxylation is 2. The van der Waals surface area contributed by atoms with Gasteiger partial charge in [0.25, 0.3) is 0 Å². The van der Waals surface area contributed by atoms with E-state index >= 15 is 0 Å². The van der Waals surface area contributed by atoms with E-state index in [4.69, 9.17) is 4.98 Å². The maximum atomic E-state index is 4.71. The van der Waals surface area contributed by atoms with Crippen molar-refractivity contribution in [3.05, 3.63) is 45.9 Å². The molecule has 0 saturated carbocycles. The van der Waals surface area contributed by atoms with E-state index in [1.54, 1.807) is 34.4 Å². The number of benzene rings is 1. The van der Waals surface area contributed by atoms with E-state index in [9.17, 15) is 0 Å². The minimum Gasteiger partial charge on any atom is -0.240 e. The Morgan fingerprint density at radius 1 is 1.14 bits per heavy atom. The van der Waals surface area contributed by atoms with Gasteiger partial charge in [0.2, 0.25) is 0 Å². The van der Waals surface area contributed by atoms with Crippen LogP contribution in [-0.4, -0.2) is 15.2 Å². The molecule has 3 aromatic rings. The van der Waals surface area contributed by atoms with Crippen LogP contribution < -0.4 is 0 Å². The van der Waals surface area contributed by atoms with E-state index in [0.29, 0.717) is 0 Å². The minimum atomic E-state index is 0.845. The van der Waals surface area contributed by atoms with Gasteiger partial charge in [-0.1, -0.05) is 54.3 Å². The molecule has 1 aromatic carbocycles. The molecule has 0 fully saturated rings. The molecule has 0 radical (unpaired) electrons. The van der Waals surface area contributed by atoms with Crippen molar-refractivity contribution >= 4 is 34.4 Å². The number of rotatable bonds is 5. The summed E-state index contributed by atoms with van der Waals surface area (Å²) in [5.41, 5.74) is 3.66. The molecular formula is C15H15N3S3. The van der Waals surface area contributed by atoms with E-state index in [2.05, 4.69) is 46.8 Å². The van der Waals surface area contributed by atoms with Gasteiger partial charge in [0.1, 0.15) is 10.0 Å². The molecule has 0 spiro atoms.